The third kappa shape index (κ3) is 6.44. The first-order chi connectivity index (χ1) is 17.5. The normalized spacial score (nSPS) is 14.5. The Morgan fingerprint density at radius 1 is 0.892 bits per heavy atom. The van der Waals surface area contributed by atoms with Crippen LogP contribution in [0.3, 0.4) is 0 Å². The highest BCUT2D eigenvalue weighted by atomic mass is 19.4. The molecule has 2 heterocycles. The number of halogens is 6. The van der Waals surface area contributed by atoms with E-state index in [0.717, 1.165) is 0 Å². The number of nitrogens with two attached hydrogens (primary N) is 1. The van der Waals surface area contributed by atoms with Crippen molar-refractivity contribution in [3.8, 4) is 6.01 Å². The number of benzene rings is 2. The predicted molar refractivity (Wildman–Crippen MR) is 120 cm³/mol. The zero-order chi connectivity index (χ0) is 26.6. The maximum Gasteiger partial charge on any atom is 0.434 e. The summed E-state index contributed by atoms with van der Waals surface area (Å²) < 4.78 is 83.0. The number of nitrogens with one attached hydrogen (secondary N) is 1. The number of para-hydroxylation sites is 1. The summed E-state index contributed by atoms with van der Waals surface area (Å²) in [5.74, 6) is -0.906. The van der Waals surface area contributed by atoms with Gasteiger partial charge in [-0.25, -0.2) is 0 Å². The van der Waals surface area contributed by atoms with Gasteiger partial charge in [0.1, 0.15) is 0 Å². The molecule has 8 nitrogen and oxygen atoms in total. The minimum Gasteiger partial charge on any atom is -0.440 e. The third-order valence-corrected chi connectivity index (χ3v) is 5.36. The largest absolute Gasteiger partial charge is 0.440 e. The van der Waals surface area contributed by atoms with Crippen LogP contribution in [0, 0.1) is 0 Å². The molecule has 0 atom stereocenters. The molecule has 0 unspecified atom stereocenters. The highest BCUT2D eigenvalue weighted by Crippen LogP contribution is 2.36. The van der Waals surface area contributed by atoms with Crippen molar-refractivity contribution in [2.24, 2.45) is 0 Å². The summed E-state index contributed by atoms with van der Waals surface area (Å²) in [4.78, 5) is 26.2. The molecule has 3 N–H and O–H groups in total. The Balaban J connectivity index is 1.71. The number of quaternary nitrogens is 1. The number of ketones is 1. The van der Waals surface area contributed by atoms with Crippen LogP contribution in [0.15, 0.2) is 54.6 Å². The van der Waals surface area contributed by atoms with Crippen LogP contribution in [-0.4, -0.2) is 65.4 Å². The van der Waals surface area contributed by atoms with Gasteiger partial charge in [-0.05, 0) is 12.1 Å². The quantitative estimate of drug-likeness (QED) is 0.360. The number of aromatic nitrogens is 3. The van der Waals surface area contributed by atoms with Crippen molar-refractivity contribution in [2.75, 3.05) is 36.4 Å². The fourth-order valence-electron chi connectivity index (χ4n) is 3.63. The smallest absolute Gasteiger partial charge is 0.434 e. The van der Waals surface area contributed by atoms with Gasteiger partial charge in [0, 0.05) is 11.1 Å². The number of hydrogen-bond acceptors (Lipinski definition) is 7. The lowest BCUT2D eigenvalue weighted by Gasteiger charge is -2.26. The van der Waals surface area contributed by atoms with Gasteiger partial charge in [-0.15, -0.1) is 0 Å². The van der Waals surface area contributed by atoms with E-state index in [-0.39, 0.29) is 28.9 Å². The van der Waals surface area contributed by atoms with Crippen LogP contribution in [0.25, 0.3) is 0 Å². The Bertz CT molecular complexity index is 1220. The third-order valence-electron chi connectivity index (χ3n) is 5.36. The summed E-state index contributed by atoms with van der Waals surface area (Å²) in [6, 6.07) is 13.4. The molecule has 1 fully saturated rings. The fraction of sp³-hybridized carbons (Fsp3) is 0.304. The van der Waals surface area contributed by atoms with Crippen molar-refractivity contribution in [1.82, 2.24) is 15.0 Å². The van der Waals surface area contributed by atoms with E-state index in [1.165, 1.54) is 12.1 Å². The second-order valence-electron chi connectivity index (χ2n) is 8.04. The topological polar surface area (TPSA) is 96.8 Å². The molecule has 0 amide bonds. The van der Waals surface area contributed by atoms with Crippen LogP contribution >= 0.6 is 0 Å². The average Bonchev–Trinajstić information content (AvgIpc) is 2.87. The van der Waals surface area contributed by atoms with Gasteiger partial charge in [-0.3, -0.25) is 4.79 Å². The average molecular weight is 527 g/mol. The summed E-state index contributed by atoms with van der Waals surface area (Å²) in [5, 5.41) is 4.72. The van der Waals surface area contributed by atoms with E-state index in [1.54, 1.807) is 47.4 Å². The first-order valence-corrected chi connectivity index (χ1v) is 11.1. The molecule has 14 heteroatoms. The summed E-state index contributed by atoms with van der Waals surface area (Å²) in [6.45, 7) is 2.03. The Morgan fingerprint density at radius 3 is 2.16 bits per heavy atom. The van der Waals surface area contributed by atoms with Crippen LogP contribution in [0.2, 0.25) is 0 Å². The molecule has 1 aliphatic heterocycles. The SMILES string of the molecule is O=C(c1ccccc1)c1ccccc1Nc1nc(OC(C(F)(F)F)C(F)(F)F)nc(N2CC[NH2+]CC2)n1. The van der Waals surface area contributed by atoms with Crippen molar-refractivity contribution in [3.63, 3.8) is 0 Å². The van der Waals surface area contributed by atoms with E-state index in [0.29, 0.717) is 31.7 Å². The number of carbonyl (C=O) groups excluding carboxylic acids is 1. The highest BCUT2D eigenvalue weighted by Gasteiger charge is 2.59. The van der Waals surface area contributed by atoms with Crippen molar-refractivity contribution < 1.29 is 41.2 Å². The van der Waals surface area contributed by atoms with E-state index in [9.17, 15) is 31.1 Å². The molecule has 1 saturated heterocycles. The molecule has 4 rings (SSSR count). The zero-order valence-corrected chi connectivity index (χ0v) is 19.1. The molecular formula is C23H21F6N6O2+. The van der Waals surface area contributed by atoms with Gasteiger partial charge >= 0.3 is 18.4 Å². The van der Waals surface area contributed by atoms with Crippen LogP contribution < -0.4 is 20.3 Å². The molecule has 0 bridgehead atoms. The standard InChI is InChI=1S/C23H20F6N6O2/c24-22(25,26)18(23(27,28)29)37-21-33-19(32-20(34-21)35-12-10-30-11-13-35)31-16-9-5-4-8-15(16)17(36)14-6-2-1-3-7-14/h1-9,18,30H,10-13H2,(H,31,32,33,34)/p+1. The predicted octanol–water partition coefficient (Wildman–Crippen LogP) is 3.10. The Morgan fingerprint density at radius 2 is 1.51 bits per heavy atom. The molecule has 1 aliphatic rings. The zero-order valence-electron chi connectivity index (χ0n) is 19.1. The van der Waals surface area contributed by atoms with Crippen molar-refractivity contribution >= 4 is 23.4 Å². The summed E-state index contributed by atoms with van der Waals surface area (Å²) in [5.41, 5.74) is 0.753. The molecule has 0 saturated carbocycles. The van der Waals surface area contributed by atoms with Crippen LogP contribution in [0.4, 0.5) is 43.9 Å². The van der Waals surface area contributed by atoms with Gasteiger partial charge in [0.2, 0.25) is 11.9 Å². The minimum atomic E-state index is -5.76. The lowest BCUT2D eigenvalue weighted by Crippen LogP contribution is -2.89. The summed E-state index contributed by atoms with van der Waals surface area (Å²) in [7, 11) is 0. The Hall–Kier alpha value is -3.94. The highest BCUT2D eigenvalue weighted by molar-refractivity contribution is 6.12. The van der Waals surface area contributed by atoms with Gasteiger partial charge in [-0.2, -0.15) is 41.3 Å². The maximum absolute atomic E-state index is 13.1. The number of ether oxygens (including phenoxy) is 1. The minimum absolute atomic E-state index is 0.157. The van der Waals surface area contributed by atoms with E-state index in [1.807, 2.05) is 5.32 Å². The number of hydrogen-bond donors (Lipinski definition) is 2. The molecule has 0 aliphatic carbocycles. The van der Waals surface area contributed by atoms with Crippen LogP contribution in [0.5, 0.6) is 6.01 Å². The fourth-order valence-corrected chi connectivity index (χ4v) is 3.63. The molecule has 0 radical (unpaired) electrons. The van der Waals surface area contributed by atoms with Crippen LogP contribution in [0.1, 0.15) is 15.9 Å². The molecular weight excluding hydrogens is 506 g/mol. The number of rotatable bonds is 7. The molecule has 2 aromatic carbocycles. The number of nitrogens with zero attached hydrogens (tertiary/aromatic N) is 4. The summed E-state index contributed by atoms with van der Waals surface area (Å²) >= 11 is 0. The van der Waals surface area contributed by atoms with Crippen molar-refractivity contribution in [3.05, 3.63) is 65.7 Å². The number of anilines is 3. The number of carbonyl (C=O) groups is 1. The Kier molecular flexibility index (Phi) is 7.47. The van der Waals surface area contributed by atoms with Gasteiger partial charge in [-0.1, -0.05) is 42.5 Å². The van der Waals surface area contributed by atoms with Crippen molar-refractivity contribution in [1.29, 1.82) is 0 Å². The van der Waals surface area contributed by atoms with Gasteiger partial charge < -0.3 is 20.3 Å². The molecule has 196 valence electrons. The monoisotopic (exact) mass is 527 g/mol. The first-order valence-electron chi connectivity index (χ1n) is 11.1. The van der Waals surface area contributed by atoms with E-state index >= 15 is 0 Å². The molecule has 1 aromatic heterocycles. The van der Waals surface area contributed by atoms with Crippen molar-refractivity contribution in [2.45, 2.75) is 18.5 Å². The molecule has 0 spiro atoms. The maximum atomic E-state index is 13.1. The second-order valence-corrected chi connectivity index (χ2v) is 8.04. The van der Waals surface area contributed by atoms with E-state index in [2.05, 4.69) is 25.0 Å². The van der Waals surface area contributed by atoms with Crippen LogP contribution in [-0.2, 0) is 0 Å². The lowest BCUT2D eigenvalue weighted by molar-refractivity contribution is -0.655. The van der Waals surface area contributed by atoms with E-state index < -0.39 is 24.5 Å². The van der Waals surface area contributed by atoms with Gasteiger partial charge in [0.25, 0.3) is 6.10 Å². The molecule has 37 heavy (non-hydrogen) atoms. The van der Waals surface area contributed by atoms with Gasteiger partial charge in [0.05, 0.1) is 31.9 Å². The summed E-state index contributed by atoms with van der Waals surface area (Å²) in [6.07, 6.45) is -15.6. The molecule has 3 aromatic rings. The second kappa shape index (κ2) is 10.6. The number of alkyl halides is 6. The lowest BCUT2D eigenvalue weighted by atomic mass is 10.0. The van der Waals surface area contributed by atoms with E-state index in [4.69, 9.17) is 0 Å². The first kappa shape index (κ1) is 26.1. The Labute approximate surface area is 206 Å². The van der Waals surface area contributed by atoms with Gasteiger partial charge in [0.15, 0.2) is 5.78 Å². The number of piperazine rings is 1.